The average Bonchev–Trinajstić information content (AvgIpc) is 3.61. The summed E-state index contributed by atoms with van der Waals surface area (Å²) in [4.78, 5) is 43.4. The van der Waals surface area contributed by atoms with E-state index in [4.69, 9.17) is 40.9 Å². The number of halogens is 1. The Labute approximate surface area is 319 Å². The molecule has 3 fully saturated rings. The van der Waals surface area contributed by atoms with Gasteiger partial charge in [-0.1, -0.05) is 35.9 Å². The van der Waals surface area contributed by atoms with Gasteiger partial charge in [0, 0.05) is 24.2 Å². The summed E-state index contributed by atoms with van der Waals surface area (Å²) in [5.41, 5.74) is 9.45. The van der Waals surface area contributed by atoms with Gasteiger partial charge in [-0.15, -0.1) is 11.8 Å². The highest BCUT2D eigenvalue weighted by Crippen LogP contribution is 2.43. The molecule has 4 heterocycles. The molecule has 0 saturated carbocycles. The second-order valence-electron chi connectivity index (χ2n) is 13.8. The van der Waals surface area contributed by atoms with Crippen molar-refractivity contribution in [2.24, 2.45) is 5.73 Å². The maximum absolute atomic E-state index is 14.3. The molecule has 3 saturated heterocycles. The van der Waals surface area contributed by atoms with E-state index in [1.165, 1.54) is 12.9 Å². The number of nitrogens with zero attached hydrogens (tertiary/aromatic N) is 3. The molecule has 0 aromatic heterocycles. The molecular formula is C38H43BClN4O8S+. The number of amides is 2. The summed E-state index contributed by atoms with van der Waals surface area (Å²) in [5, 5.41) is -0.0640. The molecule has 0 unspecified atom stereocenters. The topological polar surface area (TPSA) is 130 Å². The normalized spacial score (nSPS) is 23.5. The van der Waals surface area contributed by atoms with Crippen LogP contribution in [-0.4, -0.2) is 110 Å². The molecule has 4 atom stereocenters. The Balaban J connectivity index is 1.11. The van der Waals surface area contributed by atoms with Crippen molar-refractivity contribution >= 4 is 49.2 Å². The summed E-state index contributed by atoms with van der Waals surface area (Å²) in [6.45, 7) is 3.74. The summed E-state index contributed by atoms with van der Waals surface area (Å²) in [5.74, 6) is 1.85. The first-order chi connectivity index (χ1) is 25.7. The van der Waals surface area contributed by atoms with E-state index in [2.05, 4.69) is 0 Å². The van der Waals surface area contributed by atoms with Crippen molar-refractivity contribution in [1.82, 2.24) is 9.80 Å². The zero-order valence-electron chi connectivity index (χ0n) is 30.0. The number of quaternary nitrogens is 1. The van der Waals surface area contributed by atoms with Gasteiger partial charge in [-0.3, -0.25) is 14.5 Å². The number of thioether (sulfide) groups is 1. The third-order valence-electron chi connectivity index (χ3n) is 10.8. The van der Waals surface area contributed by atoms with Crippen LogP contribution in [0.5, 0.6) is 23.0 Å². The van der Waals surface area contributed by atoms with E-state index in [0.717, 1.165) is 52.1 Å². The predicted octanol–water partition coefficient (Wildman–Crippen LogP) is 3.54. The molecule has 0 radical (unpaired) electrons. The van der Waals surface area contributed by atoms with Crippen molar-refractivity contribution in [1.29, 1.82) is 0 Å². The van der Waals surface area contributed by atoms with Gasteiger partial charge in [0.1, 0.15) is 54.4 Å². The van der Waals surface area contributed by atoms with Gasteiger partial charge in [0.15, 0.2) is 11.5 Å². The van der Waals surface area contributed by atoms with Crippen molar-refractivity contribution in [2.45, 2.75) is 43.5 Å². The van der Waals surface area contributed by atoms with E-state index >= 15 is 0 Å². The smallest absolute Gasteiger partial charge is 0.337 e. The van der Waals surface area contributed by atoms with Crippen LogP contribution in [0, 0.1) is 0 Å². The van der Waals surface area contributed by atoms with Gasteiger partial charge < -0.3 is 38.7 Å². The lowest BCUT2D eigenvalue weighted by atomic mass is 10.0. The third-order valence-corrected chi connectivity index (χ3v) is 12.5. The molecule has 7 rings (SSSR count). The summed E-state index contributed by atoms with van der Waals surface area (Å²) in [6.07, 6.45) is 1.94. The van der Waals surface area contributed by atoms with Gasteiger partial charge in [-0.2, -0.15) is 0 Å². The monoisotopic (exact) mass is 761 g/mol. The highest BCUT2D eigenvalue weighted by atomic mass is 35.5. The largest absolute Gasteiger partial charge is 0.539 e. The number of β-lactam (4-membered cyclic amide) rings is 1. The minimum atomic E-state index is -0.614. The Morgan fingerprint density at radius 1 is 0.962 bits per heavy atom. The van der Waals surface area contributed by atoms with Gasteiger partial charge >= 0.3 is 14.0 Å². The fourth-order valence-corrected chi connectivity index (χ4v) is 9.42. The second-order valence-corrected chi connectivity index (χ2v) is 15.3. The van der Waals surface area contributed by atoms with Crippen LogP contribution in [0.25, 0.3) is 0 Å². The van der Waals surface area contributed by atoms with Crippen LogP contribution in [0.15, 0.2) is 71.9 Å². The Morgan fingerprint density at radius 2 is 1.62 bits per heavy atom. The van der Waals surface area contributed by atoms with Gasteiger partial charge in [0.05, 0.1) is 51.0 Å². The Hall–Kier alpha value is -4.37. The van der Waals surface area contributed by atoms with Crippen molar-refractivity contribution in [3.8, 4) is 23.0 Å². The standard InChI is InChI=1S/C38H43BClN4O8S/c1-48-27-9-5-23(6-10-27)20-50-30-14-13-29(31(40)34(30)51-21-24-7-11-28(49-2)12-8-24)35(45)42-15-17-44(16-3-4-26(44)18-42)19-25-22-53-37-32(41)36(46)43(37)33(25)38(47)52-39/h5-14,26,32,37H,3-4,15-22,39,41H2,1-2H3/q+1/t26-,32+,37+,44+/m0/s1. The lowest BCUT2D eigenvalue weighted by Gasteiger charge is -2.51. The van der Waals surface area contributed by atoms with Gasteiger partial charge in [-0.05, 0) is 47.5 Å². The Bertz CT molecular complexity index is 1910. The molecule has 4 aliphatic rings. The number of carbonyl (C=O) groups is 3. The van der Waals surface area contributed by atoms with Crippen LogP contribution in [-0.2, 0) is 27.5 Å². The second kappa shape index (κ2) is 15.5. The van der Waals surface area contributed by atoms with E-state index < -0.39 is 12.0 Å². The summed E-state index contributed by atoms with van der Waals surface area (Å²) >= 11 is 8.65. The quantitative estimate of drug-likeness (QED) is 0.166. The van der Waals surface area contributed by atoms with Crippen molar-refractivity contribution < 1.29 is 42.5 Å². The number of hydrogen-bond acceptors (Lipinski definition) is 10. The van der Waals surface area contributed by atoms with E-state index in [9.17, 15) is 14.4 Å². The molecule has 2 N–H and O–H groups in total. The number of benzene rings is 3. The molecule has 0 bridgehead atoms. The number of hydrogen-bond donors (Lipinski definition) is 1. The van der Waals surface area contributed by atoms with Crippen molar-refractivity contribution in [2.75, 3.05) is 52.7 Å². The zero-order chi connectivity index (χ0) is 37.3. The van der Waals surface area contributed by atoms with E-state index in [-0.39, 0.29) is 41.5 Å². The van der Waals surface area contributed by atoms with Crippen LogP contribution >= 0.6 is 23.4 Å². The maximum atomic E-state index is 14.3. The molecule has 12 nitrogen and oxygen atoms in total. The first-order valence-electron chi connectivity index (χ1n) is 17.7. The van der Waals surface area contributed by atoms with Crippen molar-refractivity contribution in [3.05, 3.63) is 93.6 Å². The first-order valence-corrected chi connectivity index (χ1v) is 19.1. The maximum Gasteiger partial charge on any atom is 0.337 e. The molecule has 2 amide bonds. The number of fused-ring (bicyclic) bond motifs is 2. The highest BCUT2D eigenvalue weighted by Gasteiger charge is 2.54. The molecule has 4 aliphatic heterocycles. The Kier molecular flexibility index (Phi) is 10.8. The predicted molar refractivity (Wildman–Crippen MR) is 203 cm³/mol. The van der Waals surface area contributed by atoms with Crippen LogP contribution < -0.4 is 24.7 Å². The molecule has 3 aromatic rings. The highest BCUT2D eigenvalue weighted by molar-refractivity contribution is 8.00. The number of ether oxygens (including phenoxy) is 4. The fourth-order valence-electron chi connectivity index (χ4n) is 7.84. The number of rotatable bonds is 12. The Morgan fingerprint density at radius 3 is 2.26 bits per heavy atom. The molecule has 15 heteroatoms. The first kappa shape index (κ1) is 37.0. The summed E-state index contributed by atoms with van der Waals surface area (Å²) in [6, 6.07) is 18.1. The van der Waals surface area contributed by atoms with E-state index in [1.54, 1.807) is 38.1 Å². The van der Waals surface area contributed by atoms with Crippen LogP contribution in [0.1, 0.15) is 34.3 Å². The van der Waals surface area contributed by atoms with Gasteiger partial charge in [0.2, 0.25) is 5.91 Å². The number of carbonyl (C=O) groups excluding carboxylic acids is 3. The van der Waals surface area contributed by atoms with Crippen LogP contribution in [0.2, 0.25) is 5.02 Å². The van der Waals surface area contributed by atoms with E-state index in [0.29, 0.717) is 54.7 Å². The van der Waals surface area contributed by atoms with Gasteiger partial charge in [0.25, 0.3) is 5.91 Å². The van der Waals surface area contributed by atoms with Crippen molar-refractivity contribution in [3.63, 3.8) is 0 Å². The molecule has 53 heavy (non-hydrogen) atoms. The molecule has 3 aromatic carbocycles. The zero-order valence-corrected chi connectivity index (χ0v) is 31.6. The number of nitrogens with two attached hydrogens (primary N) is 1. The number of piperazine rings is 1. The SMILES string of the molecule is BOC(=O)C1=C(C[N@+]23CCC[C@H]2CN(C(=O)c2ccc(OCc4ccc(OC)cc4)c(OCc4ccc(OC)cc4)c2Cl)CC3)CS[C@@H]2[C@H](N)C(=O)N12. The lowest BCUT2D eigenvalue weighted by Crippen LogP contribution is -2.69. The van der Waals surface area contributed by atoms with Crippen LogP contribution in [0.3, 0.4) is 0 Å². The minimum absolute atomic E-state index is 0.160. The van der Waals surface area contributed by atoms with E-state index in [1.807, 2.05) is 53.4 Å². The average molecular weight is 762 g/mol. The molecular weight excluding hydrogens is 719 g/mol. The lowest BCUT2D eigenvalue weighted by molar-refractivity contribution is -0.938. The third kappa shape index (κ3) is 7.17. The van der Waals surface area contributed by atoms with Crippen LogP contribution in [0.4, 0.5) is 0 Å². The number of methoxy groups -OCH3 is 2. The summed E-state index contributed by atoms with van der Waals surface area (Å²) < 4.78 is 29.0. The molecule has 0 spiro atoms. The minimum Gasteiger partial charge on any atom is -0.539 e. The van der Waals surface area contributed by atoms with Gasteiger partial charge in [-0.25, -0.2) is 4.79 Å². The fraction of sp³-hybridized carbons (Fsp3) is 0.395. The molecule has 278 valence electrons. The summed E-state index contributed by atoms with van der Waals surface area (Å²) in [7, 11) is 4.57. The molecule has 0 aliphatic carbocycles.